The van der Waals surface area contributed by atoms with Crippen LogP contribution in [0.2, 0.25) is 0 Å². The van der Waals surface area contributed by atoms with Crippen molar-refractivity contribution in [1.29, 1.82) is 0 Å². The van der Waals surface area contributed by atoms with E-state index in [9.17, 15) is 0 Å². The number of hydrogen-bond acceptors (Lipinski definition) is 7. The largest absolute Gasteiger partial charge is 0.455 e. The van der Waals surface area contributed by atoms with E-state index in [4.69, 9.17) is 33.8 Å². The maximum absolute atomic E-state index is 6.64. The molecule has 7 aromatic carbocycles. The third-order valence-electron chi connectivity index (χ3n) is 10.2. The Bertz CT molecular complexity index is 3190. The van der Waals surface area contributed by atoms with E-state index < -0.39 is 0 Å². The molecule has 0 spiro atoms. The molecule has 4 aromatic heterocycles. The summed E-state index contributed by atoms with van der Waals surface area (Å²) in [5.41, 5.74) is 11.1. The molecule has 11 aromatic rings. The van der Waals surface area contributed by atoms with Crippen molar-refractivity contribution in [3.8, 4) is 67.9 Å². The number of benzene rings is 7. The van der Waals surface area contributed by atoms with Crippen molar-refractivity contribution >= 4 is 44.0 Å². The van der Waals surface area contributed by atoms with E-state index >= 15 is 0 Å². The van der Waals surface area contributed by atoms with Gasteiger partial charge in [0.1, 0.15) is 28.0 Å². The normalized spacial score (nSPS) is 11.6. The van der Waals surface area contributed by atoms with Crippen LogP contribution in [0.15, 0.2) is 185 Å². The minimum atomic E-state index is 0.593. The van der Waals surface area contributed by atoms with Crippen LogP contribution in [-0.2, 0) is 0 Å². The number of rotatable bonds is 6. The summed E-state index contributed by atoms with van der Waals surface area (Å²) in [5.74, 6) is 2.45. The van der Waals surface area contributed by atoms with Gasteiger partial charge in [-0.15, -0.1) is 0 Å². The Labute approximate surface area is 320 Å². The molecule has 7 heteroatoms. The molecule has 56 heavy (non-hydrogen) atoms. The van der Waals surface area contributed by atoms with Crippen LogP contribution in [0.5, 0.6) is 0 Å². The molecule has 0 aliphatic carbocycles. The van der Waals surface area contributed by atoms with Crippen molar-refractivity contribution in [3.05, 3.63) is 176 Å². The number of fused-ring (bicyclic) bond motifs is 6. The molecule has 7 nitrogen and oxygen atoms in total. The van der Waals surface area contributed by atoms with Crippen LogP contribution in [0, 0.1) is 0 Å². The summed E-state index contributed by atoms with van der Waals surface area (Å²) in [6, 6.07) is 58.9. The lowest BCUT2D eigenvalue weighted by atomic mass is 9.99. The van der Waals surface area contributed by atoms with Crippen molar-refractivity contribution in [2.24, 2.45) is 0 Å². The molecule has 0 bridgehead atoms. The van der Waals surface area contributed by atoms with E-state index in [1.807, 2.05) is 133 Å². The van der Waals surface area contributed by atoms with Crippen LogP contribution in [-0.4, -0.2) is 24.9 Å². The maximum Gasteiger partial charge on any atom is 0.180 e. The highest BCUT2D eigenvalue weighted by Gasteiger charge is 2.20. The van der Waals surface area contributed by atoms with Crippen LogP contribution in [0.3, 0.4) is 0 Å². The fraction of sp³-hybridized carbons (Fsp3) is 0. The fourth-order valence-corrected chi connectivity index (χ4v) is 7.44. The standard InChI is InChI=1S/C49H29N5O2/c1-4-14-30(15-5-1)42-45-43(38-22-10-11-25-40(38)56-45)51-48(50-42)34-21-12-20-33(28-34)36-23-13-24-37-39-29-35(26-27-41(39)55-44(36)37)49-53-46(31-16-6-2-7-17-31)52-47(54-49)32-18-8-3-9-19-32/h1-29H. The highest BCUT2D eigenvalue weighted by molar-refractivity contribution is 6.11. The predicted octanol–water partition coefficient (Wildman–Crippen LogP) is 12.5. The molecule has 0 aliphatic rings. The minimum absolute atomic E-state index is 0.593. The van der Waals surface area contributed by atoms with Gasteiger partial charge in [0.25, 0.3) is 0 Å². The number of aromatic nitrogens is 5. The second-order valence-corrected chi connectivity index (χ2v) is 13.7. The van der Waals surface area contributed by atoms with Crippen molar-refractivity contribution in [2.75, 3.05) is 0 Å². The van der Waals surface area contributed by atoms with Gasteiger partial charge >= 0.3 is 0 Å². The topological polar surface area (TPSA) is 90.7 Å². The van der Waals surface area contributed by atoms with E-state index in [-0.39, 0.29) is 0 Å². The van der Waals surface area contributed by atoms with Gasteiger partial charge in [0.2, 0.25) is 0 Å². The summed E-state index contributed by atoms with van der Waals surface area (Å²) in [6.07, 6.45) is 0. The van der Waals surface area contributed by atoms with Crippen molar-refractivity contribution in [3.63, 3.8) is 0 Å². The predicted molar refractivity (Wildman–Crippen MR) is 223 cm³/mol. The first-order valence-electron chi connectivity index (χ1n) is 18.4. The lowest BCUT2D eigenvalue weighted by Crippen LogP contribution is -2.00. The molecule has 262 valence electrons. The molecule has 0 saturated heterocycles. The van der Waals surface area contributed by atoms with E-state index in [1.54, 1.807) is 0 Å². The highest BCUT2D eigenvalue weighted by atomic mass is 16.3. The zero-order valence-corrected chi connectivity index (χ0v) is 29.8. The number of hydrogen-bond donors (Lipinski definition) is 0. The molecule has 0 unspecified atom stereocenters. The maximum atomic E-state index is 6.64. The van der Waals surface area contributed by atoms with E-state index in [1.165, 1.54) is 0 Å². The highest BCUT2D eigenvalue weighted by Crippen LogP contribution is 2.40. The van der Waals surface area contributed by atoms with E-state index in [0.717, 1.165) is 83.1 Å². The van der Waals surface area contributed by atoms with Crippen molar-refractivity contribution in [2.45, 2.75) is 0 Å². The second kappa shape index (κ2) is 13.0. The molecular weight excluding hydrogens is 691 g/mol. The van der Waals surface area contributed by atoms with Gasteiger partial charge in [-0.25, -0.2) is 24.9 Å². The third-order valence-corrected chi connectivity index (χ3v) is 10.2. The van der Waals surface area contributed by atoms with Gasteiger partial charge in [-0.05, 0) is 42.0 Å². The summed E-state index contributed by atoms with van der Waals surface area (Å²) in [7, 11) is 0. The van der Waals surface area contributed by atoms with Gasteiger partial charge in [-0.1, -0.05) is 140 Å². The Morgan fingerprint density at radius 3 is 1.55 bits per heavy atom. The average molecular weight is 720 g/mol. The van der Waals surface area contributed by atoms with Crippen molar-refractivity contribution < 1.29 is 8.83 Å². The molecule has 0 amide bonds. The smallest absolute Gasteiger partial charge is 0.180 e. The molecule has 0 saturated carbocycles. The van der Waals surface area contributed by atoms with Crippen LogP contribution >= 0.6 is 0 Å². The Kier molecular flexibility index (Phi) is 7.35. The second-order valence-electron chi connectivity index (χ2n) is 13.7. The zero-order valence-electron chi connectivity index (χ0n) is 29.8. The molecule has 0 aliphatic heterocycles. The first-order valence-corrected chi connectivity index (χ1v) is 18.4. The fourth-order valence-electron chi connectivity index (χ4n) is 7.44. The van der Waals surface area contributed by atoms with Gasteiger partial charge in [0.15, 0.2) is 28.9 Å². The summed E-state index contributed by atoms with van der Waals surface area (Å²) in [6.45, 7) is 0. The monoisotopic (exact) mass is 719 g/mol. The van der Waals surface area contributed by atoms with Crippen LogP contribution < -0.4 is 0 Å². The van der Waals surface area contributed by atoms with Gasteiger partial charge < -0.3 is 8.83 Å². The first-order chi connectivity index (χ1) is 27.7. The summed E-state index contributed by atoms with van der Waals surface area (Å²) >= 11 is 0. The summed E-state index contributed by atoms with van der Waals surface area (Å²) < 4.78 is 13.0. The van der Waals surface area contributed by atoms with Crippen LogP contribution in [0.25, 0.3) is 112 Å². The molecule has 4 heterocycles. The SMILES string of the molecule is c1ccc(-c2nc(-c3ccccc3)nc(-c3ccc4oc5c(-c6cccc(-c7nc(-c8ccccc8)c8oc9ccccc9c8n7)c6)cccc5c4c3)n2)cc1. The molecule has 11 rings (SSSR count). The van der Waals surface area contributed by atoms with E-state index in [0.29, 0.717) is 28.9 Å². The number of nitrogens with zero attached hydrogens (tertiary/aromatic N) is 5. The average Bonchev–Trinajstić information content (AvgIpc) is 3.85. The van der Waals surface area contributed by atoms with E-state index in [2.05, 4.69) is 42.5 Å². The summed E-state index contributed by atoms with van der Waals surface area (Å²) in [5, 5.41) is 2.93. The third kappa shape index (κ3) is 5.41. The summed E-state index contributed by atoms with van der Waals surface area (Å²) in [4.78, 5) is 25.0. The lowest BCUT2D eigenvalue weighted by molar-refractivity contribution is 0.667. The quantitative estimate of drug-likeness (QED) is 0.169. The molecule has 0 atom stereocenters. The Balaban J connectivity index is 1.03. The number of para-hydroxylation sites is 2. The van der Waals surface area contributed by atoms with Gasteiger partial charge in [0.05, 0.1) is 0 Å². The molecule has 0 radical (unpaired) electrons. The molecule has 0 N–H and O–H groups in total. The van der Waals surface area contributed by atoms with Crippen LogP contribution in [0.4, 0.5) is 0 Å². The molecular formula is C49H29N5O2. The van der Waals surface area contributed by atoms with Crippen molar-refractivity contribution in [1.82, 2.24) is 24.9 Å². The Morgan fingerprint density at radius 2 is 0.821 bits per heavy atom. The molecule has 0 fully saturated rings. The van der Waals surface area contributed by atoms with Gasteiger partial charge in [-0.2, -0.15) is 0 Å². The Hall–Kier alpha value is -7.77. The number of furan rings is 2. The zero-order chi connectivity index (χ0) is 37.0. The minimum Gasteiger partial charge on any atom is -0.455 e. The Morgan fingerprint density at radius 1 is 0.304 bits per heavy atom. The lowest BCUT2D eigenvalue weighted by Gasteiger charge is -2.08. The van der Waals surface area contributed by atoms with Gasteiger partial charge in [0, 0.05) is 49.5 Å². The van der Waals surface area contributed by atoms with Crippen LogP contribution in [0.1, 0.15) is 0 Å². The van der Waals surface area contributed by atoms with Gasteiger partial charge in [-0.3, -0.25) is 0 Å². The first kappa shape index (κ1) is 31.7.